The van der Waals surface area contributed by atoms with Crippen LogP contribution in [0.4, 0.5) is 4.39 Å². The number of halogens is 1. The lowest BCUT2D eigenvalue weighted by Crippen LogP contribution is -1.62. The van der Waals surface area contributed by atoms with Crippen molar-refractivity contribution in [3.8, 4) is 0 Å². The summed E-state index contributed by atoms with van der Waals surface area (Å²) in [5.41, 5.74) is 0. The summed E-state index contributed by atoms with van der Waals surface area (Å²) < 4.78 is 12.4. The molecule has 0 aliphatic heterocycles. The van der Waals surface area contributed by atoms with Crippen LogP contribution in [0, 0.1) is 5.82 Å². The number of hydrogen-bond acceptors (Lipinski definition) is 1. The van der Waals surface area contributed by atoms with Gasteiger partial charge < -0.3 is 4.98 Å². The molecule has 0 aromatic carbocycles. The van der Waals surface area contributed by atoms with Crippen molar-refractivity contribution in [1.29, 1.82) is 0 Å². The molecule has 0 atom stereocenters. The van der Waals surface area contributed by atoms with Gasteiger partial charge >= 0.3 is 0 Å². The van der Waals surface area contributed by atoms with E-state index < -0.39 is 0 Å². The van der Waals surface area contributed by atoms with Crippen molar-refractivity contribution in [2.24, 2.45) is 0 Å². The molecule has 0 amide bonds. The van der Waals surface area contributed by atoms with E-state index in [-0.39, 0.29) is 5.82 Å². The average Bonchev–Trinajstić information content (AvgIpc) is 2.02. The molecule has 1 heterocycles. The van der Waals surface area contributed by atoms with Gasteiger partial charge in [0.2, 0.25) is 0 Å². The molecule has 0 fully saturated rings. The van der Waals surface area contributed by atoms with Crippen LogP contribution >= 0.6 is 0 Å². The van der Waals surface area contributed by atoms with Gasteiger partial charge in [0.05, 0.1) is 6.33 Å². The van der Waals surface area contributed by atoms with Crippen LogP contribution in [0.15, 0.2) is 36.9 Å². The highest BCUT2D eigenvalue weighted by molar-refractivity contribution is 4.92. The summed E-state index contributed by atoms with van der Waals surface area (Å²) in [6, 6.07) is 4.19. The second kappa shape index (κ2) is 3.61. The third-order valence-corrected chi connectivity index (χ3v) is 0.915. The Bertz CT molecular complexity index is 219. The first-order valence-electron chi connectivity index (χ1n) is 2.86. The Labute approximate surface area is 58.1 Å². The van der Waals surface area contributed by atoms with Crippen LogP contribution in [0.25, 0.3) is 0 Å². The molecular formula is C7H7FN2. The monoisotopic (exact) mass is 138 g/mol. The third kappa shape index (κ3) is 2.26. The van der Waals surface area contributed by atoms with Crippen molar-refractivity contribution < 1.29 is 4.39 Å². The zero-order chi connectivity index (χ0) is 7.23. The maximum atomic E-state index is 12.4. The van der Waals surface area contributed by atoms with E-state index in [1.165, 1.54) is 36.9 Å². The first kappa shape index (κ1) is 6.74. The van der Waals surface area contributed by atoms with E-state index in [9.17, 15) is 4.39 Å². The summed E-state index contributed by atoms with van der Waals surface area (Å²) in [6.45, 7) is 0. The predicted octanol–water partition coefficient (Wildman–Crippen LogP) is 1.67. The number of aromatic nitrogens is 2. The molecule has 3 heteroatoms. The molecule has 0 unspecified atom stereocenters. The van der Waals surface area contributed by atoms with Gasteiger partial charge in [-0.05, 0) is 18.2 Å². The van der Waals surface area contributed by atoms with Gasteiger partial charge in [-0.2, -0.15) is 0 Å². The Morgan fingerprint density at radius 3 is 3.20 bits per heavy atom. The molecule has 0 saturated heterocycles. The molecule has 0 radical (unpaired) electrons. The van der Waals surface area contributed by atoms with Crippen LogP contribution in [0.3, 0.4) is 0 Å². The van der Waals surface area contributed by atoms with E-state index in [2.05, 4.69) is 9.97 Å². The molecule has 52 valence electrons. The number of hydrogen-bond donors (Lipinski definition) is 1. The summed E-state index contributed by atoms with van der Waals surface area (Å²) in [5, 5.41) is 0. The molecule has 0 saturated carbocycles. The summed E-state index contributed by atoms with van der Waals surface area (Å²) in [6.07, 6.45) is 4.45. The van der Waals surface area contributed by atoms with Crippen molar-refractivity contribution in [3.63, 3.8) is 0 Å². The van der Waals surface area contributed by atoms with Gasteiger partial charge in [0.15, 0.2) is 0 Å². The molecule has 0 aliphatic rings. The smallest absolute Gasteiger partial charge is 0.124 e. The molecule has 1 aromatic heterocycles. The number of H-pyrrole nitrogens is 1. The Morgan fingerprint density at radius 2 is 2.30 bits per heavy atom. The SMILES string of the molecule is Fc1cccnc[nH]cc1. The zero-order valence-corrected chi connectivity index (χ0v) is 5.29. The van der Waals surface area contributed by atoms with Gasteiger partial charge in [-0.15, -0.1) is 0 Å². The minimum absolute atomic E-state index is 0.297. The van der Waals surface area contributed by atoms with Crippen LogP contribution in [-0.2, 0) is 0 Å². The highest BCUT2D eigenvalue weighted by Crippen LogP contribution is 1.87. The fraction of sp³-hybridized carbons (Fsp3) is 0. The highest BCUT2D eigenvalue weighted by atomic mass is 19.1. The number of rotatable bonds is 0. The maximum absolute atomic E-state index is 12.4. The summed E-state index contributed by atoms with van der Waals surface area (Å²) >= 11 is 0. The van der Waals surface area contributed by atoms with E-state index >= 15 is 0 Å². The lowest BCUT2D eigenvalue weighted by atomic mass is 10.5. The first-order valence-corrected chi connectivity index (χ1v) is 2.86. The van der Waals surface area contributed by atoms with Crippen LogP contribution < -0.4 is 0 Å². The molecule has 2 nitrogen and oxygen atoms in total. The largest absolute Gasteiger partial charge is 0.353 e. The number of aromatic amines is 1. The van der Waals surface area contributed by atoms with E-state index in [0.29, 0.717) is 0 Å². The van der Waals surface area contributed by atoms with Gasteiger partial charge in [-0.25, -0.2) is 9.37 Å². The fourth-order valence-electron chi connectivity index (χ4n) is 0.497. The first-order chi connectivity index (χ1) is 4.89. The molecule has 10 heavy (non-hydrogen) atoms. The molecule has 1 aromatic rings. The molecule has 0 spiro atoms. The number of nitrogens with one attached hydrogen (secondary N) is 1. The molecule has 0 bridgehead atoms. The van der Waals surface area contributed by atoms with Crippen molar-refractivity contribution in [2.45, 2.75) is 0 Å². The van der Waals surface area contributed by atoms with E-state index in [1.807, 2.05) is 0 Å². The van der Waals surface area contributed by atoms with E-state index in [0.717, 1.165) is 0 Å². The van der Waals surface area contributed by atoms with Crippen LogP contribution in [-0.4, -0.2) is 9.97 Å². The van der Waals surface area contributed by atoms with Crippen molar-refractivity contribution in [1.82, 2.24) is 9.97 Å². The molecule has 0 aliphatic carbocycles. The number of nitrogens with zero attached hydrogens (tertiary/aromatic N) is 1. The second-order valence-corrected chi connectivity index (χ2v) is 1.67. The third-order valence-electron chi connectivity index (χ3n) is 0.915. The predicted molar refractivity (Wildman–Crippen MR) is 36.2 cm³/mol. The summed E-state index contributed by atoms with van der Waals surface area (Å²) in [4.78, 5) is 6.40. The van der Waals surface area contributed by atoms with E-state index in [4.69, 9.17) is 0 Å². The minimum atomic E-state index is -0.297. The van der Waals surface area contributed by atoms with Crippen molar-refractivity contribution in [2.75, 3.05) is 0 Å². The quantitative estimate of drug-likeness (QED) is 0.580. The van der Waals surface area contributed by atoms with Crippen LogP contribution in [0.5, 0.6) is 0 Å². The topological polar surface area (TPSA) is 28.7 Å². The maximum Gasteiger partial charge on any atom is 0.124 e. The van der Waals surface area contributed by atoms with Crippen molar-refractivity contribution in [3.05, 3.63) is 42.7 Å². The Kier molecular flexibility index (Phi) is 2.43. The Hall–Kier alpha value is -1.38. The standard InChI is InChI=1S/C7H7FN2/c8-7-2-1-4-9-6-10-5-3-7/h1-6H,(H,9,10). The highest BCUT2D eigenvalue weighted by Gasteiger charge is 1.75. The summed E-state index contributed by atoms with van der Waals surface area (Å²) in [7, 11) is 0. The molecule has 1 N–H and O–H groups in total. The lowest BCUT2D eigenvalue weighted by Gasteiger charge is -1.72. The minimum Gasteiger partial charge on any atom is -0.353 e. The molecule has 1 rings (SSSR count). The van der Waals surface area contributed by atoms with Gasteiger partial charge in [0.1, 0.15) is 5.82 Å². The summed E-state index contributed by atoms with van der Waals surface area (Å²) in [5.74, 6) is -0.297. The fourth-order valence-corrected chi connectivity index (χ4v) is 0.497. The van der Waals surface area contributed by atoms with Gasteiger partial charge in [-0.3, -0.25) is 0 Å². The van der Waals surface area contributed by atoms with Crippen LogP contribution in [0.1, 0.15) is 0 Å². The second-order valence-electron chi connectivity index (χ2n) is 1.67. The Morgan fingerprint density at radius 1 is 1.40 bits per heavy atom. The van der Waals surface area contributed by atoms with Gasteiger partial charge in [-0.1, -0.05) is 0 Å². The van der Waals surface area contributed by atoms with Gasteiger partial charge in [0, 0.05) is 12.4 Å². The zero-order valence-electron chi connectivity index (χ0n) is 5.29. The lowest BCUT2D eigenvalue weighted by molar-refractivity contribution is 0.628. The van der Waals surface area contributed by atoms with Crippen LogP contribution in [0.2, 0.25) is 0 Å². The normalized spacial score (nSPS) is 8.50. The van der Waals surface area contributed by atoms with E-state index in [1.54, 1.807) is 0 Å². The van der Waals surface area contributed by atoms with Gasteiger partial charge in [0.25, 0.3) is 0 Å². The molecular weight excluding hydrogens is 131 g/mol. The van der Waals surface area contributed by atoms with Crippen molar-refractivity contribution >= 4 is 0 Å². The Balaban J connectivity index is 3.13. The average molecular weight is 138 g/mol.